The Morgan fingerprint density at radius 2 is 1.76 bits per heavy atom. The SMILES string of the molecule is CC(C)COc1ccc(C(=O)NC2(c3ccc(F)cc3)CCC2)cc1. The number of hydrogen-bond acceptors (Lipinski definition) is 2. The average Bonchev–Trinajstić information content (AvgIpc) is 2.57. The first kappa shape index (κ1) is 17.5. The van der Waals surface area contributed by atoms with Crippen molar-refractivity contribution in [1.82, 2.24) is 5.32 Å². The van der Waals surface area contributed by atoms with E-state index in [2.05, 4.69) is 19.2 Å². The number of benzene rings is 2. The van der Waals surface area contributed by atoms with Gasteiger partial charge in [-0.2, -0.15) is 0 Å². The molecule has 25 heavy (non-hydrogen) atoms. The van der Waals surface area contributed by atoms with Gasteiger partial charge in [0.1, 0.15) is 11.6 Å². The summed E-state index contributed by atoms with van der Waals surface area (Å²) in [6.45, 7) is 4.84. The normalized spacial score (nSPS) is 15.5. The summed E-state index contributed by atoms with van der Waals surface area (Å²) in [7, 11) is 0. The number of nitrogens with one attached hydrogen (secondary N) is 1. The van der Waals surface area contributed by atoms with Crippen LogP contribution in [-0.4, -0.2) is 12.5 Å². The van der Waals surface area contributed by atoms with Crippen molar-refractivity contribution in [1.29, 1.82) is 0 Å². The molecule has 0 unspecified atom stereocenters. The molecule has 0 saturated heterocycles. The molecular weight excluding hydrogens is 317 g/mol. The van der Waals surface area contributed by atoms with E-state index in [-0.39, 0.29) is 17.3 Å². The van der Waals surface area contributed by atoms with Gasteiger partial charge in [0.05, 0.1) is 12.1 Å². The molecule has 1 fully saturated rings. The second-order valence-electron chi connectivity index (χ2n) is 7.13. The predicted molar refractivity (Wildman–Crippen MR) is 96.2 cm³/mol. The van der Waals surface area contributed by atoms with E-state index in [1.165, 1.54) is 12.1 Å². The monoisotopic (exact) mass is 341 g/mol. The fraction of sp³-hybridized carbons (Fsp3) is 0.381. The minimum atomic E-state index is -0.377. The Bertz CT molecular complexity index is 719. The molecule has 2 aromatic rings. The van der Waals surface area contributed by atoms with Crippen LogP contribution in [0.2, 0.25) is 0 Å². The molecule has 0 radical (unpaired) electrons. The van der Waals surface area contributed by atoms with E-state index in [0.717, 1.165) is 30.6 Å². The molecule has 0 heterocycles. The van der Waals surface area contributed by atoms with Gasteiger partial charge in [-0.25, -0.2) is 4.39 Å². The lowest BCUT2D eigenvalue weighted by molar-refractivity contribution is 0.0823. The van der Waals surface area contributed by atoms with Crippen molar-refractivity contribution >= 4 is 5.91 Å². The van der Waals surface area contributed by atoms with E-state index in [1.54, 1.807) is 24.3 Å². The molecule has 3 nitrogen and oxygen atoms in total. The van der Waals surface area contributed by atoms with Gasteiger partial charge in [0.15, 0.2) is 0 Å². The Labute approximate surface area is 148 Å². The Kier molecular flexibility index (Phi) is 5.07. The van der Waals surface area contributed by atoms with Gasteiger partial charge in [-0.3, -0.25) is 4.79 Å². The van der Waals surface area contributed by atoms with Crippen LogP contribution in [0.3, 0.4) is 0 Å². The summed E-state index contributed by atoms with van der Waals surface area (Å²) in [5.74, 6) is 0.847. The highest BCUT2D eigenvalue weighted by Crippen LogP contribution is 2.41. The predicted octanol–water partition coefficient (Wildman–Crippen LogP) is 4.67. The lowest BCUT2D eigenvalue weighted by Gasteiger charge is -2.43. The number of carbonyl (C=O) groups excluding carboxylic acids is 1. The van der Waals surface area contributed by atoms with Crippen LogP contribution < -0.4 is 10.1 Å². The van der Waals surface area contributed by atoms with Crippen LogP contribution in [0.25, 0.3) is 0 Å². The number of hydrogen-bond donors (Lipinski definition) is 1. The Morgan fingerprint density at radius 1 is 1.12 bits per heavy atom. The van der Waals surface area contributed by atoms with E-state index in [9.17, 15) is 9.18 Å². The molecule has 0 atom stereocenters. The molecule has 0 aliphatic heterocycles. The zero-order valence-electron chi connectivity index (χ0n) is 14.7. The molecule has 1 aliphatic rings. The molecule has 1 saturated carbocycles. The first-order valence-electron chi connectivity index (χ1n) is 8.80. The summed E-state index contributed by atoms with van der Waals surface area (Å²) in [5.41, 5.74) is 1.19. The van der Waals surface area contributed by atoms with Gasteiger partial charge in [0, 0.05) is 5.56 Å². The van der Waals surface area contributed by atoms with Gasteiger partial charge < -0.3 is 10.1 Å². The molecule has 132 valence electrons. The minimum Gasteiger partial charge on any atom is -0.493 e. The second-order valence-corrected chi connectivity index (χ2v) is 7.13. The maximum atomic E-state index is 13.2. The van der Waals surface area contributed by atoms with Crippen molar-refractivity contribution in [2.45, 2.75) is 38.6 Å². The van der Waals surface area contributed by atoms with Crippen molar-refractivity contribution in [3.63, 3.8) is 0 Å². The van der Waals surface area contributed by atoms with Crippen LogP contribution in [0, 0.1) is 11.7 Å². The second kappa shape index (κ2) is 7.26. The number of halogens is 1. The smallest absolute Gasteiger partial charge is 0.251 e. The third kappa shape index (κ3) is 4.01. The van der Waals surface area contributed by atoms with E-state index in [1.807, 2.05) is 12.1 Å². The molecule has 3 rings (SSSR count). The number of carbonyl (C=O) groups is 1. The fourth-order valence-electron chi connectivity index (χ4n) is 3.04. The van der Waals surface area contributed by atoms with E-state index < -0.39 is 0 Å². The quantitative estimate of drug-likeness (QED) is 0.829. The van der Waals surface area contributed by atoms with Crippen molar-refractivity contribution in [2.24, 2.45) is 5.92 Å². The van der Waals surface area contributed by atoms with Crippen molar-refractivity contribution in [3.8, 4) is 5.75 Å². The van der Waals surface area contributed by atoms with Gasteiger partial charge in [-0.05, 0) is 67.1 Å². The van der Waals surface area contributed by atoms with Gasteiger partial charge in [-0.15, -0.1) is 0 Å². The Balaban J connectivity index is 1.69. The maximum Gasteiger partial charge on any atom is 0.251 e. The molecule has 1 N–H and O–H groups in total. The highest BCUT2D eigenvalue weighted by Gasteiger charge is 2.40. The standard InChI is InChI=1S/C21H24FNO2/c1-15(2)14-25-19-10-4-16(5-11-19)20(24)23-21(12-3-13-21)17-6-8-18(22)9-7-17/h4-11,15H,3,12-14H2,1-2H3,(H,23,24). The molecule has 0 bridgehead atoms. The van der Waals surface area contributed by atoms with Gasteiger partial charge in [-0.1, -0.05) is 26.0 Å². The number of rotatable bonds is 6. The summed E-state index contributed by atoms with van der Waals surface area (Å²) >= 11 is 0. The summed E-state index contributed by atoms with van der Waals surface area (Å²) < 4.78 is 18.8. The molecular formula is C21H24FNO2. The lowest BCUT2D eigenvalue weighted by Crippen LogP contribution is -2.50. The first-order chi connectivity index (χ1) is 12.0. The third-order valence-corrected chi connectivity index (χ3v) is 4.66. The Morgan fingerprint density at radius 3 is 2.28 bits per heavy atom. The lowest BCUT2D eigenvalue weighted by atomic mass is 9.71. The highest BCUT2D eigenvalue weighted by molar-refractivity contribution is 5.95. The van der Waals surface area contributed by atoms with Gasteiger partial charge in [0.25, 0.3) is 5.91 Å². The fourth-order valence-corrected chi connectivity index (χ4v) is 3.04. The first-order valence-corrected chi connectivity index (χ1v) is 8.80. The molecule has 1 aliphatic carbocycles. The van der Waals surface area contributed by atoms with Crippen LogP contribution in [0.5, 0.6) is 5.75 Å². The summed E-state index contributed by atoms with van der Waals surface area (Å²) in [6, 6.07) is 13.6. The van der Waals surface area contributed by atoms with Crippen LogP contribution in [0.4, 0.5) is 4.39 Å². The van der Waals surface area contributed by atoms with Gasteiger partial charge in [0.2, 0.25) is 0 Å². The van der Waals surface area contributed by atoms with Gasteiger partial charge >= 0.3 is 0 Å². The Hall–Kier alpha value is -2.36. The summed E-state index contributed by atoms with van der Waals surface area (Å²) in [4.78, 5) is 12.6. The summed E-state index contributed by atoms with van der Waals surface area (Å²) in [5, 5.41) is 3.15. The topological polar surface area (TPSA) is 38.3 Å². The van der Waals surface area contributed by atoms with E-state index in [4.69, 9.17) is 4.74 Å². The van der Waals surface area contributed by atoms with Crippen molar-refractivity contribution in [3.05, 3.63) is 65.5 Å². The van der Waals surface area contributed by atoms with Crippen molar-refractivity contribution in [2.75, 3.05) is 6.61 Å². The average molecular weight is 341 g/mol. The number of amides is 1. The maximum absolute atomic E-state index is 13.2. The van der Waals surface area contributed by atoms with Crippen LogP contribution >= 0.6 is 0 Å². The minimum absolute atomic E-state index is 0.112. The summed E-state index contributed by atoms with van der Waals surface area (Å²) in [6.07, 6.45) is 2.81. The molecule has 0 aromatic heterocycles. The van der Waals surface area contributed by atoms with Crippen LogP contribution in [0.15, 0.2) is 48.5 Å². The molecule has 0 spiro atoms. The largest absolute Gasteiger partial charge is 0.493 e. The molecule has 1 amide bonds. The molecule has 4 heteroatoms. The zero-order chi connectivity index (χ0) is 17.9. The molecule has 2 aromatic carbocycles. The van der Waals surface area contributed by atoms with E-state index in [0.29, 0.717) is 18.1 Å². The van der Waals surface area contributed by atoms with Crippen molar-refractivity contribution < 1.29 is 13.9 Å². The van der Waals surface area contributed by atoms with Crippen LogP contribution in [0.1, 0.15) is 49.0 Å². The third-order valence-electron chi connectivity index (χ3n) is 4.66. The zero-order valence-corrected chi connectivity index (χ0v) is 14.7. The number of ether oxygens (including phenoxy) is 1. The highest BCUT2D eigenvalue weighted by atomic mass is 19.1. The van der Waals surface area contributed by atoms with Crippen LogP contribution in [-0.2, 0) is 5.54 Å². The van der Waals surface area contributed by atoms with E-state index >= 15 is 0 Å².